The number of nitro groups is 1. The fraction of sp³-hybridized carbons (Fsp3) is 0.0769. The highest BCUT2D eigenvalue weighted by molar-refractivity contribution is 6.31. The summed E-state index contributed by atoms with van der Waals surface area (Å²) in [6.07, 6.45) is 1.35. The minimum Gasteiger partial charge on any atom is -0.360 e. The molecule has 0 aliphatic carbocycles. The molecule has 0 aliphatic rings. The van der Waals surface area contributed by atoms with Gasteiger partial charge in [0.15, 0.2) is 0 Å². The van der Waals surface area contributed by atoms with Crippen molar-refractivity contribution in [2.75, 3.05) is 5.32 Å². The molecule has 0 spiro atoms. The number of anilines is 1. The largest absolute Gasteiger partial charge is 0.360 e. The van der Waals surface area contributed by atoms with E-state index in [-0.39, 0.29) is 23.6 Å². The van der Waals surface area contributed by atoms with Crippen LogP contribution >= 0.6 is 11.6 Å². The van der Waals surface area contributed by atoms with E-state index < -0.39 is 4.92 Å². The van der Waals surface area contributed by atoms with E-state index in [1.54, 1.807) is 24.3 Å². The van der Waals surface area contributed by atoms with E-state index >= 15 is 0 Å². The molecular formula is C13H9ClN4O2. The Morgan fingerprint density at radius 1 is 1.40 bits per heavy atom. The molecule has 0 amide bonds. The topological polar surface area (TPSA) is 91.8 Å². The van der Waals surface area contributed by atoms with Gasteiger partial charge in [-0.3, -0.25) is 10.1 Å². The average Bonchev–Trinajstić information content (AvgIpc) is 2.45. The predicted octanol–water partition coefficient (Wildman–Crippen LogP) is 3.13. The summed E-state index contributed by atoms with van der Waals surface area (Å²) in [5, 5.41) is 23.3. The van der Waals surface area contributed by atoms with Gasteiger partial charge >= 0.3 is 5.69 Å². The van der Waals surface area contributed by atoms with Crippen LogP contribution in [0.5, 0.6) is 0 Å². The second-order valence-corrected chi connectivity index (χ2v) is 4.28. The Bertz CT molecular complexity index is 697. The summed E-state index contributed by atoms with van der Waals surface area (Å²) in [4.78, 5) is 14.3. The maximum absolute atomic E-state index is 11.0. The van der Waals surface area contributed by atoms with Crippen molar-refractivity contribution in [3.05, 3.63) is 62.8 Å². The first-order valence-electron chi connectivity index (χ1n) is 5.64. The normalized spacial score (nSPS) is 9.80. The van der Waals surface area contributed by atoms with Crippen LogP contribution in [0.1, 0.15) is 11.1 Å². The van der Waals surface area contributed by atoms with Crippen LogP contribution in [-0.2, 0) is 6.54 Å². The van der Waals surface area contributed by atoms with Gasteiger partial charge in [0.1, 0.15) is 11.6 Å². The second kappa shape index (κ2) is 5.99. The van der Waals surface area contributed by atoms with Crippen LogP contribution in [-0.4, -0.2) is 9.91 Å². The number of halogens is 1. The van der Waals surface area contributed by atoms with Crippen molar-refractivity contribution in [2.24, 2.45) is 0 Å². The zero-order valence-corrected chi connectivity index (χ0v) is 11.0. The van der Waals surface area contributed by atoms with Gasteiger partial charge in [0.05, 0.1) is 4.92 Å². The fourth-order valence-corrected chi connectivity index (χ4v) is 1.88. The lowest BCUT2D eigenvalue weighted by Gasteiger charge is -2.08. The average molecular weight is 289 g/mol. The first-order chi connectivity index (χ1) is 9.63. The van der Waals surface area contributed by atoms with Crippen LogP contribution in [0.3, 0.4) is 0 Å². The summed E-state index contributed by atoms with van der Waals surface area (Å²) >= 11 is 6.00. The zero-order valence-electron chi connectivity index (χ0n) is 10.2. The molecule has 1 heterocycles. The maximum Gasteiger partial charge on any atom is 0.328 e. The fourth-order valence-electron chi connectivity index (χ4n) is 1.68. The van der Waals surface area contributed by atoms with Gasteiger partial charge in [-0.05, 0) is 17.7 Å². The van der Waals surface area contributed by atoms with E-state index in [9.17, 15) is 10.1 Å². The van der Waals surface area contributed by atoms with Gasteiger partial charge in [0, 0.05) is 17.8 Å². The summed E-state index contributed by atoms with van der Waals surface area (Å²) in [7, 11) is 0. The van der Waals surface area contributed by atoms with E-state index in [2.05, 4.69) is 10.3 Å². The van der Waals surface area contributed by atoms with Crippen LogP contribution in [0, 0.1) is 21.4 Å². The monoisotopic (exact) mass is 288 g/mol. The molecule has 20 heavy (non-hydrogen) atoms. The lowest BCUT2D eigenvalue weighted by atomic mass is 10.2. The number of hydrogen-bond acceptors (Lipinski definition) is 5. The van der Waals surface area contributed by atoms with Crippen molar-refractivity contribution >= 4 is 23.1 Å². The Morgan fingerprint density at radius 2 is 2.15 bits per heavy atom. The van der Waals surface area contributed by atoms with E-state index in [0.29, 0.717) is 5.02 Å². The molecular weight excluding hydrogens is 280 g/mol. The SMILES string of the molecule is N#Cc1ccnc(NCc2ccccc2Cl)c1[N+](=O)[O-]. The molecule has 0 fully saturated rings. The van der Waals surface area contributed by atoms with Gasteiger partial charge in [-0.15, -0.1) is 0 Å². The Hall–Kier alpha value is -2.65. The van der Waals surface area contributed by atoms with Gasteiger partial charge in [0.25, 0.3) is 0 Å². The lowest BCUT2D eigenvalue weighted by molar-refractivity contribution is -0.384. The quantitative estimate of drug-likeness (QED) is 0.689. The minimum absolute atomic E-state index is 0.0355. The summed E-state index contributed by atoms with van der Waals surface area (Å²) in [6, 6.07) is 10.2. The molecule has 6 nitrogen and oxygen atoms in total. The van der Waals surface area contributed by atoms with Crippen molar-refractivity contribution in [3.8, 4) is 6.07 Å². The molecule has 0 atom stereocenters. The maximum atomic E-state index is 11.0. The molecule has 1 aromatic carbocycles. The number of pyridine rings is 1. The molecule has 0 bridgehead atoms. The van der Waals surface area contributed by atoms with Crippen LogP contribution in [0.15, 0.2) is 36.5 Å². The van der Waals surface area contributed by atoms with Crippen molar-refractivity contribution in [2.45, 2.75) is 6.54 Å². The molecule has 0 aliphatic heterocycles. The number of nitrogens with one attached hydrogen (secondary N) is 1. The minimum atomic E-state index is -0.625. The standard InChI is InChI=1S/C13H9ClN4O2/c14-11-4-2-1-3-10(11)8-17-13-12(18(19)20)9(7-15)5-6-16-13/h1-6H,8H2,(H,16,17). The van der Waals surface area contributed by atoms with Gasteiger partial charge in [-0.2, -0.15) is 5.26 Å². The molecule has 0 radical (unpaired) electrons. The molecule has 0 saturated heterocycles. The Balaban J connectivity index is 2.29. The number of hydrogen-bond donors (Lipinski definition) is 1. The predicted molar refractivity (Wildman–Crippen MR) is 74.4 cm³/mol. The van der Waals surface area contributed by atoms with Crippen LogP contribution in [0.4, 0.5) is 11.5 Å². The van der Waals surface area contributed by atoms with Crippen LogP contribution < -0.4 is 5.32 Å². The molecule has 0 saturated carbocycles. The van der Waals surface area contributed by atoms with E-state index in [4.69, 9.17) is 16.9 Å². The van der Waals surface area contributed by atoms with Crippen molar-refractivity contribution < 1.29 is 4.92 Å². The Kier molecular flexibility index (Phi) is 4.13. The summed E-state index contributed by atoms with van der Waals surface area (Å²) in [6.45, 7) is 0.280. The van der Waals surface area contributed by atoms with E-state index in [1.807, 2.05) is 6.07 Å². The summed E-state index contributed by atoms with van der Waals surface area (Å²) in [5.41, 5.74) is 0.418. The first-order valence-corrected chi connectivity index (χ1v) is 6.02. The van der Waals surface area contributed by atoms with E-state index in [0.717, 1.165) is 5.56 Å². The number of benzene rings is 1. The first kappa shape index (κ1) is 13.8. The van der Waals surface area contributed by atoms with Crippen molar-refractivity contribution in [1.82, 2.24) is 4.98 Å². The highest BCUT2D eigenvalue weighted by Gasteiger charge is 2.20. The van der Waals surface area contributed by atoms with Gasteiger partial charge in [-0.25, -0.2) is 4.98 Å². The molecule has 2 rings (SSSR count). The van der Waals surface area contributed by atoms with Gasteiger partial charge in [-0.1, -0.05) is 29.8 Å². The number of nitriles is 1. The third kappa shape index (κ3) is 2.84. The molecule has 2 aromatic rings. The van der Waals surface area contributed by atoms with Crippen molar-refractivity contribution in [3.63, 3.8) is 0 Å². The third-order valence-corrected chi connectivity index (χ3v) is 3.00. The molecule has 100 valence electrons. The van der Waals surface area contributed by atoms with Crippen LogP contribution in [0.2, 0.25) is 5.02 Å². The van der Waals surface area contributed by atoms with Gasteiger partial charge in [0.2, 0.25) is 5.82 Å². The Morgan fingerprint density at radius 3 is 2.80 bits per heavy atom. The molecule has 1 N–H and O–H groups in total. The molecule has 1 aromatic heterocycles. The molecule has 7 heteroatoms. The summed E-state index contributed by atoms with van der Waals surface area (Å²) in [5.74, 6) is 0.0500. The van der Waals surface area contributed by atoms with Crippen molar-refractivity contribution in [1.29, 1.82) is 5.26 Å². The highest BCUT2D eigenvalue weighted by Crippen LogP contribution is 2.26. The smallest absolute Gasteiger partial charge is 0.328 e. The van der Waals surface area contributed by atoms with Crippen LogP contribution in [0.25, 0.3) is 0 Å². The van der Waals surface area contributed by atoms with Gasteiger partial charge < -0.3 is 5.32 Å². The number of rotatable bonds is 4. The number of nitrogens with zero attached hydrogens (tertiary/aromatic N) is 3. The Labute approximate surface area is 119 Å². The second-order valence-electron chi connectivity index (χ2n) is 3.87. The lowest BCUT2D eigenvalue weighted by Crippen LogP contribution is -2.06. The van der Waals surface area contributed by atoms with E-state index in [1.165, 1.54) is 12.3 Å². The number of aromatic nitrogens is 1. The zero-order chi connectivity index (χ0) is 14.5. The summed E-state index contributed by atoms with van der Waals surface area (Å²) < 4.78 is 0. The third-order valence-electron chi connectivity index (χ3n) is 2.63. The molecule has 0 unspecified atom stereocenters. The highest BCUT2D eigenvalue weighted by atomic mass is 35.5.